The van der Waals surface area contributed by atoms with Gasteiger partial charge in [0.2, 0.25) is 0 Å². The molecule has 0 saturated carbocycles. The van der Waals surface area contributed by atoms with Crippen LogP contribution >= 0.6 is 12.4 Å². The van der Waals surface area contributed by atoms with E-state index in [2.05, 4.69) is 10.1 Å². The van der Waals surface area contributed by atoms with Crippen LogP contribution in [0, 0.1) is 0 Å². The Labute approximate surface area is 156 Å². The van der Waals surface area contributed by atoms with Gasteiger partial charge in [-0.2, -0.15) is 0 Å². The molecule has 26 heavy (non-hydrogen) atoms. The summed E-state index contributed by atoms with van der Waals surface area (Å²) in [5.74, 6) is 0.00995. The Morgan fingerprint density at radius 3 is 2.31 bits per heavy atom. The van der Waals surface area contributed by atoms with Crippen LogP contribution in [0.15, 0.2) is 48.5 Å². The summed E-state index contributed by atoms with van der Waals surface area (Å²) in [7, 11) is 1.58. The fraction of sp³-hybridized carbons (Fsp3) is 0.333. The number of rotatable bonds is 9. The monoisotopic (exact) mass is 391 g/mol. The first kappa shape index (κ1) is 22.1. The molecule has 4 nitrogen and oxygen atoms in total. The number of ether oxygens (including phenoxy) is 3. The van der Waals surface area contributed by atoms with Gasteiger partial charge in [-0.25, -0.2) is 0 Å². The van der Waals surface area contributed by atoms with Gasteiger partial charge >= 0.3 is 6.36 Å². The van der Waals surface area contributed by atoms with E-state index in [-0.39, 0.29) is 24.8 Å². The lowest BCUT2D eigenvalue weighted by Crippen LogP contribution is -2.19. The van der Waals surface area contributed by atoms with Crippen LogP contribution in [0.3, 0.4) is 0 Å². The van der Waals surface area contributed by atoms with Crippen LogP contribution in [0.4, 0.5) is 13.2 Å². The Bertz CT molecular complexity index is 654. The van der Waals surface area contributed by atoms with Gasteiger partial charge in [-0.1, -0.05) is 30.3 Å². The van der Waals surface area contributed by atoms with Crippen molar-refractivity contribution in [2.24, 2.45) is 0 Å². The van der Waals surface area contributed by atoms with Gasteiger partial charge in [0.25, 0.3) is 0 Å². The summed E-state index contributed by atoms with van der Waals surface area (Å²) in [5.41, 5.74) is 1.55. The van der Waals surface area contributed by atoms with Crippen molar-refractivity contribution in [3.8, 4) is 11.5 Å². The zero-order chi connectivity index (χ0) is 18.1. The normalized spacial score (nSPS) is 10.9. The minimum atomic E-state index is -4.75. The van der Waals surface area contributed by atoms with Crippen LogP contribution in [-0.4, -0.2) is 26.6 Å². The maximum absolute atomic E-state index is 12.5. The van der Waals surface area contributed by atoms with E-state index >= 15 is 0 Å². The minimum Gasteiger partial charge on any atom is -0.489 e. The van der Waals surface area contributed by atoms with Crippen LogP contribution in [0.2, 0.25) is 0 Å². The molecule has 0 saturated heterocycles. The average Bonchev–Trinajstić information content (AvgIpc) is 2.56. The van der Waals surface area contributed by atoms with E-state index in [0.717, 1.165) is 5.56 Å². The third-order valence-corrected chi connectivity index (χ3v) is 3.23. The van der Waals surface area contributed by atoms with Crippen molar-refractivity contribution in [3.05, 3.63) is 59.7 Å². The highest BCUT2D eigenvalue weighted by Crippen LogP contribution is 2.28. The van der Waals surface area contributed by atoms with Crippen molar-refractivity contribution in [3.63, 3.8) is 0 Å². The molecular formula is C18H21ClF3NO3. The number of benzene rings is 2. The molecule has 0 radical (unpaired) electrons. The second-order valence-corrected chi connectivity index (χ2v) is 5.30. The summed E-state index contributed by atoms with van der Waals surface area (Å²) in [5, 5.41) is 3.08. The molecule has 2 rings (SSSR count). The van der Waals surface area contributed by atoms with Crippen LogP contribution < -0.4 is 14.8 Å². The van der Waals surface area contributed by atoms with Gasteiger partial charge in [-0.05, 0) is 23.3 Å². The number of hydrogen-bond donors (Lipinski definition) is 1. The minimum absolute atomic E-state index is 0. The van der Waals surface area contributed by atoms with Crippen molar-refractivity contribution < 1.29 is 27.4 Å². The molecule has 0 aliphatic carbocycles. The van der Waals surface area contributed by atoms with Gasteiger partial charge in [0.1, 0.15) is 18.1 Å². The molecule has 0 aromatic heterocycles. The Kier molecular flexibility index (Phi) is 9.26. The molecular weight excluding hydrogens is 371 g/mol. The molecule has 0 unspecified atom stereocenters. The molecule has 8 heteroatoms. The molecule has 0 spiro atoms. The number of nitrogens with one attached hydrogen (secondary N) is 1. The topological polar surface area (TPSA) is 39.7 Å². The maximum Gasteiger partial charge on any atom is 0.573 e. The molecule has 0 amide bonds. The number of alkyl halides is 3. The first-order valence-electron chi connectivity index (χ1n) is 7.72. The Balaban J connectivity index is 0.00000338. The quantitative estimate of drug-likeness (QED) is 0.646. The summed E-state index contributed by atoms with van der Waals surface area (Å²) in [6.45, 7) is 1.73. The van der Waals surface area contributed by atoms with Gasteiger partial charge in [0.05, 0.1) is 6.61 Å². The van der Waals surface area contributed by atoms with Crippen LogP contribution in [-0.2, 0) is 17.9 Å². The van der Waals surface area contributed by atoms with E-state index < -0.39 is 6.36 Å². The SMILES string of the molecule is COCCNCc1cc(OCc2ccccc2)cc(OC(F)(F)F)c1.Cl. The predicted molar refractivity (Wildman–Crippen MR) is 94.7 cm³/mol. The summed E-state index contributed by atoms with van der Waals surface area (Å²) in [6, 6.07) is 13.6. The van der Waals surface area contributed by atoms with E-state index in [9.17, 15) is 13.2 Å². The molecule has 1 N–H and O–H groups in total. The predicted octanol–water partition coefficient (Wildman–Crippen LogP) is 4.32. The van der Waals surface area contributed by atoms with Crippen LogP contribution in [0.25, 0.3) is 0 Å². The zero-order valence-electron chi connectivity index (χ0n) is 14.2. The lowest BCUT2D eigenvalue weighted by molar-refractivity contribution is -0.274. The van der Waals surface area contributed by atoms with E-state index in [1.807, 2.05) is 30.3 Å². The fourth-order valence-corrected chi connectivity index (χ4v) is 2.16. The van der Waals surface area contributed by atoms with Gasteiger partial charge in [-0.3, -0.25) is 0 Å². The summed E-state index contributed by atoms with van der Waals surface area (Å²) in [6.07, 6.45) is -4.75. The molecule has 0 bridgehead atoms. The summed E-state index contributed by atoms with van der Waals surface area (Å²) in [4.78, 5) is 0. The van der Waals surface area contributed by atoms with Gasteiger partial charge in [-0.15, -0.1) is 25.6 Å². The Hall–Kier alpha value is -1.96. The molecule has 144 valence electrons. The third kappa shape index (κ3) is 8.42. The number of methoxy groups -OCH3 is 1. The van der Waals surface area contributed by atoms with Gasteiger partial charge in [0, 0.05) is 26.3 Å². The van der Waals surface area contributed by atoms with Crippen molar-refractivity contribution in [1.82, 2.24) is 5.32 Å². The maximum atomic E-state index is 12.5. The molecule has 2 aromatic carbocycles. The van der Waals surface area contributed by atoms with Crippen molar-refractivity contribution >= 4 is 12.4 Å². The average molecular weight is 392 g/mol. The lowest BCUT2D eigenvalue weighted by atomic mass is 10.2. The largest absolute Gasteiger partial charge is 0.573 e. The highest BCUT2D eigenvalue weighted by atomic mass is 35.5. The van der Waals surface area contributed by atoms with Gasteiger partial charge in [0.15, 0.2) is 0 Å². The van der Waals surface area contributed by atoms with E-state index in [1.165, 1.54) is 12.1 Å². The molecule has 0 atom stereocenters. The van der Waals surface area contributed by atoms with E-state index in [1.54, 1.807) is 13.2 Å². The van der Waals surface area contributed by atoms with Crippen LogP contribution in [0.5, 0.6) is 11.5 Å². The molecule has 0 fully saturated rings. The van der Waals surface area contributed by atoms with Crippen LogP contribution in [0.1, 0.15) is 11.1 Å². The van der Waals surface area contributed by atoms with Gasteiger partial charge < -0.3 is 19.5 Å². The first-order valence-corrected chi connectivity index (χ1v) is 7.72. The number of hydrogen-bond acceptors (Lipinski definition) is 4. The van der Waals surface area contributed by atoms with E-state index in [0.29, 0.717) is 31.0 Å². The molecule has 0 aliphatic heterocycles. The molecule has 0 heterocycles. The highest BCUT2D eigenvalue weighted by molar-refractivity contribution is 5.85. The highest BCUT2D eigenvalue weighted by Gasteiger charge is 2.31. The zero-order valence-corrected chi connectivity index (χ0v) is 15.0. The fourth-order valence-electron chi connectivity index (χ4n) is 2.16. The van der Waals surface area contributed by atoms with Crippen molar-refractivity contribution in [2.45, 2.75) is 19.5 Å². The number of halogens is 4. The first-order chi connectivity index (χ1) is 12.0. The van der Waals surface area contributed by atoms with Crippen molar-refractivity contribution in [1.29, 1.82) is 0 Å². The standard InChI is InChI=1S/C18H20F3NO3.ClH/c1-23-8-7-22-12-15-9-16(11-17(10-15)25-18(19,20)21)24-13-14-5-3-2-4-6-14;/h2-6,9-11,22H,7-8,12-13H2,1H3;1H. The van der Waals surface area contributed by atoms with Crippen molar-refractivity contribution in [2.75, 3.05) is 20.3 Å². The molecule has 2 aromatic rings. The smallest absolute Gasteiger partial charge is 0.489 e. The summed E-state index contributed by atoms with van der Waals surface area (Å²) < 4.78 is 52.1. The lowest BCUT2D eigenvalue weighted by Gasteiger charge is -2.14. The third-order valence-electron chi connectivity index (χ3n) is 3.23. The summed E-state index contributed by atoms with van der Waals surface area (Å²) >= 11 is 0. The Morgan fingerprint density at radius 1 is 0.962 bits per heavy atom. The Morgan fingerprint density at radius 2 is 1.65 bits per heavy atom. The second-order valence-electron chi connectivity index (χ2n) is 5.30. The van der Waals surface area contributed by atoms with E-state index in [4.69, 9.17) is 9.47 Å². The second kappa shape index (κ2) is 10.9. The molecule has 0 aliphatic rings.